The third-order valence-corrected chi connectivity index (χ3v) is 6.83. The highest BCUT2D eigenvalue weighted by Crippen LogP contribution is 2.21. The number of nitrogens with zero attached hydrogens (tertiary/aromatic N) is 2. The third kappa shape index (κ3) is 7.79. The molecule has 0 aromatic heterocycles. The van der Waals surface area contributed by atoms with E-state index >= 15 is 0 Å². The maximum absolute atomic E-state index is 13.3. The number of benzene rings is 2. The Labute approximate surface area is 199 Å². The number of carbonyl (C=O) groups excluding carboxylic acids is 1. The smallest absolute Gasteiger partial charge is 0.407 e. The van der Waals surface area contributed by atoms with Crippen LogP contribution in [0.25, 0.3) is 0 Å². The molecule has 0 spiro atoms. The minimum Gasteiger partial charge on any atom is -0.450 e. The Morgan fingerprint density at radius 1 is 1.12 bits per heavy atom. The molecule has 0 aliphatic rings. The van der Waals surface area contributed by atoms with Crippen LogP contribution in [0.1, 0.15) is 26.3 Å². The molecule has 0 fully saturated rings. The monoisotopic (exact) mass is 493 g/mol. The molecule has 2 atom stereocenters. The van der Waals surface area contributed by atoms with E-state index in [2.05, 4.69) is 5.32 Å². The van der Waals surface area contributed by atoms with Crippen LogP contribution in [-0.2, 0) is 21.2 Å². The van der Waals surface area contributed by atoms with Gasteiger partial charge >= 0.3 is 6.09 Å². The van der Waals surface area contributed by atoms with E-state index in [9.17, 15) is 28.4 Å². The number of hydrogen-bond acceptors (Lipinski definition) is 7. The summed E-state index contributed by atoms with van der Waals surface area (Å²) < 4.78 is 32.7. The molecule has 2 rings (SSSR count). The van der Waals surface area contributed by atoms with Gasteiger partial charge in [0.1, 0.15) is 0 Å². The van der Waals surface area contributed by atoms with E-state index in [4.69, 9.17) is 4.74 Å². The first-order valence-corrected chi connectivity index (χ1v) is 12.4. The number of hydrogen-bond donors (Lipinski definition) is 2. The maximum atomic E-state index is 13.3. The average molecular weight is 494 g/mol. The largest absolute Gasteiger partial charge is 0.450 e. The summed E-state index contributed by atoms with van der Waals surface area (Å²) in [7, 11) is -4.07. The zero-order valence-corrected chi connectivity index (χ0v) is 20.3. The molecule has 34 heavy (non-hydrogen) atoms. The number of sulfonamides is 1. The lowest BCUT2D eigenvalue weighted by Crippen LogP contribution is -2.51. The minimum absolute atomic E-state index is 0.0642. The zero-order valence-electron chi connectivity index (χ0n) is 19.5. The SMILES string of the molecule is CCOC(=O)N[C@@H](Cc1ccccc1)[C@H](O)CN(CC(C)C)S(=O)(=O)c1ccc([N+](=O)[O-])cc1. The molecule has 0 heterocycles. The number of aliphatic hydroxyl groups excluding tert-OH is 1. The highest BCUT2D eigenvalue weighted by atomic mass is 32.2. The lowest BCUT2D eigenvalue weighted by molar-refractivity contribution is -0.384. The first kappa shape index (κ1) is 27.2. The molecular formula is C23H31N3O7S. The Balaban J connectivity index is 2.31. The lowest BCUT2D eigenvalue weighted by Gasteiger charge is -2.30. The van der Waals surface area contributed by atoms with Crippen molar-refractivity contribution in [3.05, 3.63) is 70.3 Å². The van der Waals surface area contributed by atoms with Gasteiger partial charge in [0, 0.05) is 25.2 Å². The fourth-order valence-corrected chi connectivity index (χ4v) is 5.00. The van der Waals surface area contributed by atoms with Gasteiger partial charge in [-0.3, -0.25) is 10.1 Å². The number of ether oxygens (including phenoxy) is 1. The molecule has 1 amide bonds. The second kappa shape index (κ2) is 12.4. The highest BCUT2D eigenvalue weighted by Gasteiger charge is 2.31. The van der Waals surface area contributed by atoms with E-state index in [1.165, 1.54) is 12.1 Å². The lowest BCUT2D eigenvalue weighted by atomic mass is 10.0. The molecule has 0 saturated heterocycles. The molecule has 0 radical (unpaired) electrons. The number of aliphatic hydroxyl groups is 1. The number of carbonyl (C=O) groups is 1. The van der Waals surface area contributed by atoms with Crippen molar-refractivity contribution >= 4 is 21.8 Å². The highest BCUT2D eigenvalue weighted by molar-refractivity contribution is 7.89. The predicted octanol–water partition coefficient (Wildman–Crippen LogP) is 2.96. The van der Waals surface area contributed by atoms with Gasteiger partial charge in [0.15, 0.2) is 0 Å². The van der Waals surface area contributed by atoms with Gasteiger partial charge < -0.3 is 15.2 Å². The summed E-state index contributed by atoms with van der Waals surface area (Å²) in [5, 5.41) is 24.6. The molecule has 0 bridgehead atoms. The molecule has 0 aliphatic heterocycles. The van der Waals surface area contributed by atoms with Crippen LogP contribution in [0, 0.1) is 16.0 Å². The number of rotatable bonds is 12. The first-order valence-electron chi connectivity index (χ1n) is 10.9. The van der Waals surface area contributed by atoms with E-state index in [-0.39, 0.29) is 42.6 Å². The molecule has 2 N–H and O–H groups in total. The normalized spacial score (nSPS) is 13.5. The summed E-state index contributed by atoms with van der Waals surface area (Å²) in [6.45, 7) is 5.29. The minimum atomic E-state index is -4.07. The van der Waals surface area contributed by atoms with Crippen molar-refractivity contribution in [3.63, 3.8) is 0 Å². The van der Waals surface area contributed by atoms with Crippen LogP contribution in [-0.4, -0.2) is 60.7 Å². The van der Waals surface area contributed by atoms with Crippen molar-refractivity contribution in [2.45, 2.75) is 44.2 Å². The van der Waals surface area contributed by atoms with Crippen LogP contribution in [0.5, 0.6) is 0 Å². The van der Waals surface area contributed by atoms with Crippen molar-refractivity contribution in [1.82, 2.24) is 9.62 Å². The molecule has 11 heteroatoms. The number of nitro benzene ring substituents is 1. The standard InChI is InChI=1S/C23H31N3O7S/c1-4-33-23(28)24-21(14-18-8-6-5-7-9-18)22(27)16-25(15-17(2)3)34(31,32)20-12-10-19(11-13-20)26(29)30/h5-13,17,21-22,27H,4,14-16H2,1-3H3,(H,24,28)/t21-,22+/m0/s1. The first-order chi connectivity index (χ1) is 16.0. The summed E-state index contributed by atoms with van der Waals surface area (Å²) in [6.07, 6.45) is -1.71. The number of nitrogens with one attached hydrogen (secondary N) is 1. The van der Waals surface area contributed by atoms with Gasteiger partial charge in [0.25, 0.3) is 5.69 Å². The van der Waals surface area contributed by atoms with E-state index in [1.807, 2.05) is 44.2 Å². The number of amides is 1. The molecule has 0 saturated carbocycles. The van der Waals surface area contributed by atoms with Crippen molar-refractivity contribution in [2.75, 3.05) is 19.7 Å². The summed E-state index contributed by atoms with van der Waals surface area (Å²) in [5.41, 5.74) is 0.618. The van der Waals surface area contributed by atoms with E-state index in [0.29, 0.717) is 0 Å². The summed E-state index contributed by atoms with van der Waals surface area (Å²) in [6, 6.07) is 12.9. The molecule has 186 valence electrons. The number of alkyl carbamates (subject to hydrolysis) is 1. The molecule has 0 aliphatic carbocycles. The number of nitro groups is 1. The Bertz CT molecular complexity index is 1040. The Morgan fingerprint density at radius 3 is 2.26 bits per heavy atom. The van der Waals surface area contributed by atoms with Gasteiger partial charge in [-0.05, 0) is 37.0 Å². The van der Waals surface area contributed by atoms with Gasteiger partial charge in [0.2, 0.25) is 10.0 Å². The second-order valence-corrected chi connectivity index (χ2v) is 10.1. The van der Waals surface area contributed by atoms with Gasteiger partial charge in [-0.25, -0.2) is 13.2 Å². The fourth-order valence-electron chi connectivity index (χ4n) is 3.38. The van der Waals surface area contributed by atoms with Crippen molar-refractivity contribution in [2.24, 2.45) is 5.92 Å². The molecule has 2 aromatic rings. The average Bonchev–Trinajstić information content (AvgIpc) is 2.78. The number of non-ortho nitro benzene ring substituents is 1. The van der Waals surface area contributed by atoms with Crippen molar-refractivity contribution < 1.29 is 28.0 Å². The van der Waals surface area contributed by atoms with Gasteiger partial charge in [-0.2, -0.15) is 4.31 Å². The second-order valence-electron chi connectivity index (χ2n) is 8.20. The quantitative estimate of drug-likeness (QED) is 0.342. The Kier molecular flexibility index (Phi) is 9.97. The maximum Gasteiger partial charge on any atom is 0.407 e. The topological polar surface area (TPSA) is 139 Å². The third-order valence-electron chi connectivity index (χ3n) is 4.99. The van der Waals surface area contributed by atoms with E-state index in [1.54, 1.807) is 6.92 Å². The predicted molar refractivity (Wildman–Crippen MR) is 127 cm³/mol. The van der Waals surface area contributed by atoms with Gasteiger partial charge in [-0.15, -0.1) is 0 Å². The van der Waals surface area contributed by atoms with Crippen LogP contribution in [0.15, 0.2) is 59.5 Å². The Morgan fingerprint density at radius 2 is 1.74 bits per heavy atom. The van der Waals surface area contributed by atoms with Gasteiger partial charge in [0.05, 0.1) is 28.6 Å². The van der Waals surface area contributed by atoms with Gasteiger partial charge in [-0.1, -0.05) is 44.2 Å². The van der Waals surface area contributed by atoms with Crippen LogP contribution in [0.2, 0.25) is 0 Å². The summed E-state index contributed by atoms with van der Waals surface area (Å²) >= 11 is 0. The zero-order chi connectivity index (χ0) is 25.3. The van der Waals surface area contributed by atoms with Crippen LogP contribution < -0.4 is 5.32 Å². The molecule has 10 nitrogen and oxygen atoms in total. The van der Waals surface area contributed by atoms with Crippen LogP contribution in [0.3, 0.4) is 0 Å². The van der Waals surface area contributed by atoms with Crippen LogP contribution in [0.4, 0.5) is 10.5 Å². The van der Waals surface area contributed by atoms with E-state index in [0.717, 1.165) is 22.0 Å². The Hall–Kier alpha value is -3.02. The molecule has 0 unspecified atom stereocenters. The molecular weight excluding hydrogens is 462 g/mol. The van der Waals surface area contributed by atoms with Crippen LogP contribution >= 0.6 is 0 Å². The fraction of sp³-hybridized carbons (Fsp3) is 0.435. The summed E-state index contributed by atoms with van der Waals surface area (Å²) in [4.78, 5) is 22.3. The molecule has 2 aromatic carbocycles. The summed E-state index contributed by atoms with van der Waals surface area (Å²) in [5.74, 6) is -0.0642. The van der Waals surface area contributed by atoms with E-state index < -0.39 is 33.2 Å². The van der Waals surface area contributed by atoms with Crippen molar-refractivity contribution in [3.8, 4) is 0 Å². The van der Waals surface area contributed by atoms with Crippen molar-refractivity contribution in [1.29, 1.82) is 0 Å².